The van der Waals surface area contributed by atoms with Crippen LogP contribution < -0.4 is 33.7 Å². The van der Waals surface area contributed by atoms with Crippen LogP contribution in [0.1, 0.15) is 265 Å². The summed E-state index contributed by atoms with van der Waals surface area (Å²) in [5.74, 6) is 0.150. The zero-order valence-electron chi connectivity index (χ0n) is 86.5. The number of nitrogens with one attached hydrogen (secondary N) is 1. The number of ether oxygens (including phenoxy) is 9. The van der Waals surface area contributed by atoms with Crippen LogP contribution >= 0.6 is 0 Å². The summed E-state index contributed by atoms with van der Waals surface area (Å²) in [6, 6.07) is 13.4. The number of nitrogens with zero attached hydrogens (tertiary/aromatic N) is 15. The van der Waals surface area contributed by atoms with Crippen LogP contribution in [0, 0.1) is 63.6 Å². The predicted octanol–water partition coefficient (Wildman–Crippen LogP) is 16.3. The van der Waals surface area contributed by atoms with Crippen molar-refractivity contribution in [1.29, 1.82) is 0 Å². The second-order valence-electron chi connectivity index (χ2n) is 43.5. The molecule has 6 aliphatic heterocycles. The first-order valence-electron chi connectivity index (χ1n) is 51.8. The number of benzene rings is 3. The van der Waals surface area contributed by atoms with Crippen LogP contribution in [-0.2, 0) is 147 Å². The molecule has 0 unspecified atom stereocenters. The number of alkyl carbamates (subject to hydrolysis) is 1. The van der Waals surface area contributed by atoms with Crippen molar-refractivity contribution in [2.24, 2.45) is 63.6 Å². The number of hydrogen-bond acceptors (Lipinski definition) is 30. The third-order valence-corrected chi connectivity index (χ3v) is 30.2. The number of aryl methyl sites for hydroxylation is 3. The summed E-state index contributed by atoms with van der Waals surface area (Å²) < 4.78 is 55.7. The Morgan fingerprint density at radius 1 is 0.408 bits per heavy atom. The molecule has 34 nitrogen and oxygen atoms in total. The van der Waals surface area contributed by atoms with E-state index >= 15 is 0 Å². The quantitative estimate of drug-likeness (QED) is 0.0566. The molecule has 9 aliphatic rings. The van der Waals surface area contributed by atoms with Gasteiger partial charge in [-0.15, -0.1) is 0 Å². The van der Waals surface area contributed by atoms with Gasteiger partial charge in [-0.25, -0.2) is 53.6 Å². The smallest absolute Gasteiger partial charge is 0.408 e. The van der Waals surface area contributed by atoms with Gasteiger partial charge in [0.05, 0.1) is 113 Å². The van der Waals surface area contributed by atoms with E-state index in [9.17, 15) is 43.2 Å². The van der Waals surface area contributed by atoms with Crippen LogP contribution in [0.3, 0.4) is 0 Å². The summed E-state index contributed by atoms with van der Waals surface area (Å²) in [5.41, 5.74) is 6.18. The fourth-order valence-electron chi connectivity index (χ4n) is 21.5. The molecule has 3 radical (unpaired) electrons. The fraction of sp³-hybridized carbons (Fsp3) is 0.591. The SMILES string of the molecule is CC[C@@H]1[C@@H]2CN(C(=O)[C@H](C(C)(C)C)CC(=O)O[C@@H]3C[C@H]3CCCCCc3nc4ccc(OCc5cnccn5)cc4nc3O2)[C@@H]1[C-]=O.CC[C@@H]1[C@@H]2CN(C(=O)[C@H](C(C)(C)C)CC(=O)O[C@]3(C)C[C@H]3CCCCCc3nc4ccc(OCc5cnccn5)cc4nc3O2)[C@@H]1[C-]=O.CC[C@@H]1[C@@H]2CN(C(=O)[C@H](C(C)(C)C)NC(=O)O[C@@H]3CCC[C@H]3CCCCCc3nc4ccc(OCc5cnccn5)cc4nc3O2)[C@@H]1[C-]=O.[V].[V].[V]. The summed E-state index contributed by atoms with van der Waals surface area (Å²) in [6.45, 7) is 26.5. The number of carbonyl (C=O) groups is 6. The molecule has 6 aromatic heterocycles. The first kappa shape index (κ1) is 113. The molecule has 12 heterocycles. The van der Waals surface area contributed by atoms with Gasteiger partial charge in [-0.05, 0) is 179 Å². The van der Waals surface area contributed by atoms with Crippen LogP contribution in [0.15, 0.2) is 110 Å². The van der Waals surface area contributed by atoms with Crippen molar-refractivity contribution in [3.8, 4) is 34.9 Å². The van der Waals surface area contributed by atoms with Gasteiger partial charge in [-0.1, -0.05) is 159 Å². The largest absolute Gasteiger partial charge is 0.540 e. The van der Waals surface area contributed by atoms with Crippen molar-refractivity contribution >= 4 is 87.7 Å². The summed E-state index contributed by atoms with van der Waals surface area (Å²) in [4.78, 5) is 179. The molecule has 4 amide bonds. The molecule has 18 rings (SSSR count). The van der Waals surface area contributed by atoms with Gasteiger partial charge in [-0.3, -0.25) is 53.9 Å². The number of amides is 4. The molecule has 6 fully saturated rings. The zero-order chi connectivity index (χ0) is 102. The number of esters is 2. The van der Waals surface area contributed by atoms with E-state index in [-0.39, 0.29) is 174 Å². The van der Waals surface area contributed by atoms with Gasteiger partial charge in [0.15, 0.2) is 0 Å². The van der Waals surface area contributed by atoms with Crippen molar-refractivity contribution in [3.05, 3.63) is 145 Å². The predicted molar refractivity (Wildman–Crippen MR) is 532 cm³/mol. The van der Waals surface area contributed by atoms with Gasteiger partial charge in [0.1, 0.15) is 96.3 Å². The van der Waals surface area contributed by atoms with E-state index in [0.717, 1.165) is 143 Å². The fourth-order valence-corrected chi connectivity index (χ4v) is 21.5. The maximum absolute atomic E-state index is 14.2. The van der Waals surface area contributed by atoms with Gasteiger partial charge in [0.25, 0.3) is 0 Å². The minimum Gasteiger partial charge on any atom is -0.540 e. The van der Waals surface area contributed by atoms with Gasteiger partial charge in [-0.2, -0.15) is 0 Å². The molecular formula is C110H137N16O18V3-3. The number of hydrogen-bond donors (Lipinski definition) is 1. The third-order valence-electron chi connectivity index (χ3n) is 30.2. The molecule has 1 N–H and O–H groups in total. The monoisotopic (exact) mass is 2120 g/mol. The summed E-state index contributed by atoms with van der Waals surface area (Å²) in [6.07, 6.45) is 38.6. The standard InChI is InChI=1S/C37H47N6O6.C37H46N5O6.C36H44N5O6.3V/c1-5-26-30(21-44)43-20-32(26)48-34-28(40-27-15-14-25(18-29(27)41-34)47-22-24-19-38-16-17-39-24)12-8-6-7-10-23-11-9-13-31(23)49-36(46)42-33(35(43)45)37(2,3)4;1-6-26-31(21-43)42-20-32(26)47-34-29(40-28-13-12-25(16-30(28)41-34)46-22-24-19-38-14-15-39-24)11-9-7-8-10-23-18-37(23,5)48-33(44)17-27(35(42)45)36(2,3)4;1-5-25-30(20-42)41-19-32(25)47-34-28(39-27-12-11-24(16-29(27)40-34)45-21-23-18-37-13-14-38-23)10-8-6-7-9-22-15-31(22)46-33(43)17-26(35(41)44)36(2,3)4;;;/h14-19,23,26,30-33H,5-13,20,22H2,1-4H3,(H,42,46);12-16,19,23,26-27,31-32H,6-11,17-18,20,22H2,1-5H3;11-14,16,18,22,25-26,30-32H,5-10,15,17,19,21H2,1-4H3;;;/q3*-1;;;/t23-,26+,30-,31-,32+,33-;23-,26+,27-,31-,32+,37-;22-,25+,26-,30-,31-,32+;;;/m111.../s1. The van der Waals surface area contributed by atoms with E-state index in [1.54, 1.807) is 65.6 Å². The van der Waals surface area contributed by atoms with Gasteiger partial charge in [0, 0.05) is 117 Å². The Labute approximate surface area is 896 Å². The zero-order valence-corrected chi connectivity index (χ0v) is 90.7. The Balaban J connectivity index is 0.000000182. The second kappa shape index (κ2) is 50.6. The van der Waals surface area contributed by atoms with Gasteiger partial charge < -0.3 is 77.0 Å². The average molecular weight is 2120 g/mol. The van der Waals surface area contributed by atoms with Crippen molar-refractivity contribution < 1.29 is 141 Å². The topological polar surface area (TPSA) is 413 Å². The molecule has 3 aromatic carbocycles. The normalized spacial score (nSPS) is 26.9. The molecular weight excluding hydrogens is 1990 g/mol. The van der Waals surface area contributed by atoms with Crippen molar-refractivity contribution in [2.75, 3.05) is 19.6 Å². The molecule has 37 heteroatoms. The first-order chi connectivity index (χ1) is 69.3. The van der Waals surface area contributed by atoms with Crippen LogP contribution in [0.5, 0.6) is 34.9 Å². The van der Waals surface area contributed by atoms with Crippen LogP contribution in [0.25, 0.3) is 33.1 Å². The number of aromatic nitrogens is 12. The molecule has 9 aromatic rings. The maximum atomic E-state index is 14.2. The minimum absolute atomic E-state index is 0. The third kappa shape index (κ3) is 28.2. The summed E-state index contributed by atoms with van der Waals surface area (Å²) in [5, 5.41) is 2.88. The summed E-state index contributed by atoms with van der Waals surface area (Å²) in [7, 11) is 0. The van der Waals surface area contributed by atoms with Crippen LogP contribution in [-0.4, -0.2) is 209 Å². The number of fused-ring (bicyclic) bond motifs is 15. The van der Waals surface area contributed by atoms with Gasteiger partial charge in [0.2, 0.25) is 35.4 Å². The Bertz CT molecular complexity index is 6030. The maximum Gasteiger partial charge on any atom is 0.408 e. The number of rotatable bonds is 15. The molecule has 0 spiro atoms. The molecule has 147 heavy (non-hydrogen) atoms. The Morgan fingerprint density at radius 2 is 0.789 bits per heavy atom. The van der Waals surface area contributed by atoms with E-state index < -0.39 is 82.3 Å². The first-order valence-corrected chi connectivity index (χ1v) is 51.8. The van der Waals surface area contributed by atoms with E-state index in [2.05, 4.69) is 54.1 Å². The van der Waals surface area contributed by atoms with Crippen molar-refractivity contribution in [1.82, 2.24) is 79.8 Å². The molecule has 3 saturated carbocycles. The Kier molecular flexibility index (Phi) is 39.0. The van der Waals surface area contributed by atoms with E-state index in [4.69, 9.17) is 72.5 Å². The van der Waals surface area contributed by atoms with E-state index in [1.165, 1.54) is 4.90 Å². The van der Waals surface area contributed by atoms with E-state index in [1.807, 2.05) is 145 Å². The molecule has 18 atom stereocenters. The molecule has 783 valence electrons. The van der Waals surface area contributed by atoms with Crippen molar-refractivity contribution in [3.63, 3.8) is 0 Å². The van der Waals surface area contributed by atoms with Crippen LogP contribution in [0.4, 0.5) is 4.79 Å². The molecule has 3 saturated heterocycles. The molecule has 3 aliphatic carbocycles. The average Bonchev–Trinajstić information content (AvgIpc) is 1.62. The number of carbonyl (C=O) groups excluding carboxylic acids is 9. The minimum atomic E-state index is -0.915. The van der Waals surface area contributed by atoms with Crippen molar-refractivity contribution in [2.45, 2.75) is 331 Å². The van der Waals surface area contributed by atoms with Crippen LogP contribution in [0.2, 0.25) is 0 Å². The Morgan fingerprint density at radius 3 is 1.16 bits per heavy atom. The summed E-state index contributed by atoms with van der Waals surface area (Å²) >= 11 is 0. The van der Waals surface area contributed by atoms with E-state index in [0.29, 0.717) is 119 Å². The second-order valence-corrected chi connectivity index (χ2v) is 43.5. The Hall–Kier alpha value is -10.9. The van der Waals surface area contributed by atoms with Gasteiger partial charge >= 0.3 is 18.0 Å². The molecule has 6 bridgehead atoms.